The van der Waals surface area contributed by atoms with Gasteiger partial charge in [0.15, 0.2) is 0 Å². The fraction of sp³-hybridized carbons (Fsp3) is 0.375. The van der Waals surface area contributed by atoms with E-state index in [1.165, 1.54) is 0 Å². The summed E-state index contributed by atoms with van der Waals surface area (Å²) in [5, 5.41) is 19.4. The van der Waals surface area contributed by atoms with Crippen molar-refractivity contribution in [1.82, 2.24) is 4.98 Å². The van der Waals surface area contributed by atoms with Crippen molar-refractivity contribution in [3.8, 4) is 6.07 Å². The minimum absolute atomic E-state index is 0.147. The Labute approximate surface area is 119 Å². The predicted molar refractivity (Wildman–Crippen MR) is 80.6 cm³/mol. The van der Waals surface area contributed by atoms with Crippen LogP contribution in [-0.4, -0.2) is 29.3 Å². The number of nitriles is 1. The van der Waals surface area contributed by atoms with Crippen LogP contribution in [0.1, 0.15) is 25.8 Å². The zero-order valence-corrected chi connectivity index (χ0v) is 11.9. The molecule has 0 fully saturated rings. The number of hydrogen-bond acceptors (Lipinski definition) is 4. The first-order valence-electron chi connectivity index (χ1n) is 6.84. The van der Waals surface area contributed by atoms with Gasteiger partial charge in [0.2, 0.25) is 0 Å². The molecule has 0 aliphatic heterocycles. The van der Waals surface area contributed by atoms with Crippen LogP contribution in [0.4, 0.5) is 5.69 Å². The summed E-state index contributed by atoms with van der Waals surface area (Å²) in [5.74, 6) is 0. The molecular weight excluding hydrogens is 250 g/mol. The highest BCUT2D eigenvalue weighted by Crippen LogP contribution is 2.30. The van der Waals surface area contributed by atoms with Crippen molar-refractivity contribution < 1.29 is 5.11 Å². The first-order valence-corrected chi connectivity index (χ1v) is 6.84. The minimum Gasteiger partial charge on any atom is -0.396 e. The number of aliphatic hydroxyl groups is 1. The number of hydrogen-bond donors (Lipinski definition) is 1. The topological polar surface area (TPSA) is 60.1 Å². The van der Waals surface area contributed by atoms with E-state index in [4.69, 9.17) is 5.11 Å². The zero-order valence-electron chi connectivity index (χ0n) is 11.9. The lowest BCUT2D eigenvalue weighted by molar-refractivity contribution is 0.288. The van der Waals surface area contributed by atoms with Gasteiger partial charge >= 0.3 is 0 Å². The normalized spacial score (nSPS) is 10.8. The number of para-hydroxylation sites is 1. The fourth-order valence-electron chi connectivity index (χ4n) is 2.39. The molecule has 0 amide bonds. The number of fused-ring (bicyclic) bond motifs is 1. The number of pyridine rings is 1. The summed E-state index contributed by atoms with van der Waals surface area (Å²) in [6.45, 7) is 5.05. The number of aliphatic hydroxyl groups excluding tert-OH is 1. The SMILES string of the molecule is CC(C)N(CCCO)c1c(C#N)cnc2ccccc12. The van der Waals surface area contributed by atoms with Gasteiger partial charge in [-0.1, -0.05) is 18.2 Å². The van der Waals surface area contributed by atoms with E-state index >= 15 is 0 Å². The molecule has 0 bridgehead atoms. The Bertz CT molecular complexity index is 631. The maximum atomic E-state index is 9.37. The van der Waals surface area contributed by atoms with Crippen molar-refractivity contribution in [2.45, 2.75) is 26.3 Å². The van der Waals surface area contributed by atoms with Gasteiger partial charge in [-0.15, -0.1) is 0 Å². The van der Waals surface area contributed by atoms with Gasteiger partial charge in [-0.2, -0.15) is 5.26 Å². The van der Waals surface area contributed by atoms with E-state index in [2.05, 4.69) is 29.8 Å². The van der Waals surface area contributed by atoms with Gasteiger partial charge in [-0.3, -0.25) is 4.98 Å². The highest BCUT2D eigenvalue weighted by Gasteiger charge is 2.17. The lowest BCUT2D eigenvalue weighted by Gasteiger charge is -2.30. The molecule has 1 N–H and O–H groups in total. The van der Waals surface area contributed by atoms with Crippen molar-refractivity contribution >= 4 is 16.6 Å². The highest BCUT2D eigenvalue weighted by atomic mass is 16.3. The molecule has 0 atom stereocenters. The number of anilines is 1. The van der Waals surface area contributed by atoms with Crippen LogP contribution in [0.25, 0.3) is 10.9 Å². The Hall–Kier alpha value is -2.12. The van der Waals surface area contributed by atoms with E-state index in [1.54, 1.807) is 6.20 Å². The molecule has 0 saturated heterocycles. The number of aromatic nitrogens is 1. The summed E-state index contributed by atoms with van der Waals surface area (Å²) in [7, 11) is 0. The van der Waals surface area contributed by atoms with E-state index in [0.29, 0.717) is 12.0 Å². The van der Waals surface area contributed by atoms with Gasteiger partial charge in [0.1, 0.15) is 6.07 Å². The summed E-state index contributed by atoms with van der Waals surface area (Å²) in [6.07, 6.45) is 2.31. The average molecular weight is 269 g/mol. The second kappa shape index (κ2) is 6.36. The highest BCUT2D eigenvalue weighted by molar-refractivity contribution is 5.94. The molecule has 0 spiro atoms. The molecule has 1 aromatic heterocycles. The molecule has 2 rings (SSSR count). The maximum absolute atomic E-state index is 9.37. The number of rotatable bonds is 5. The summed E-state index contributed by atoms with van der Waals surface area (Å²) in [4.78, 5) is 6.50. The van der Waals surface area contributed by atoms with E-state index < -0.39 is 0 Å². The molecule has 104 valence electrons. The van der Waals surface area contributed by atoms with Crippen LogP contribution in [0.5, 0.6) is 0 Å². The number of nitrogens with zero attached hydrogens (tertiary/aromatic N) is 3. The molecule has 4 heteroatoms. The Kier molecular flexibility index (Phi) is 4.54. The van der Waals surface area contributed by atoms with Crippen molar-refractivity contribution in [3.05, 3.63) is 36.0 Å². The Morgan fingerprint density at radius 2 is 2.10 bits per heavy atom. The van der Waals surface area contributed by atoms with Crippen molar-refractivity contribution in [2.24, 2.45) is 0 Å². The summed E-state index contributed by atoms with van der Waals surface area (Å²) < 4.78 is 0. The van der Waals surface area contributed by atoms with Gasteiger partial charge < -0.3 is 10.0 Å². The fourth-order valence-corrected chi connectivity index (χ4v) is 2.39. The molecule has 0 aliphatic rings. The molecule has 1 heterocycles. The van der Waals surface area contributed by atoms with Crippen LogP contribution in [0, 0.1) is 11.3 Å². The lowest BCUT2D eigenvalue weighted by Crippen LogP contribution is -2.33. The first-order chi connectivity index (χ1) is 9.69. The van der Waals surface area contributed by atoms with Gasteiger partial charge in [0.05, 0.1) is 16.8 Å². The van der Waals surface area contributed by atoms with Crippen LogP contribution in [0.15, 0.2) is 30.5 Å². The Morgan fingerprint density at radius 3 is 2.75 bits per heavy atom. The third-order valence-electron chi connectivity index (χ3n) is 3.34. The first kappa shape index (κ1) is 14.3. The molecule has 0 unspecified atom stereocenters. The van der Waals surface area contributed by atoms with E-state index in [9.17, 15) is 5.26 Å². The van der Waals surface area contributed by atoms with Crippen LogP contribution < -0.4 is 4.90 Å². The molecule has 4 nitrogen and oxygen atoms in total. The Morgan fingerprint density at radius 1 is 1.35 bits per heavy atom. The van der Waals surface area contributed by atoms with E-state index in [-0.39, 0.29) is 12.6 Å². The number of benzene rings is 1. The van der Waals surface area contributed by atoms with Crippen molar-refractivity contribution in [1.29, 1.82) is 5.26 Å². The summed E-state index contributed by atoms with van der Waals surface area (Å²) >= 11 is 0. The minimum atomic E-state index is 0.147. The molecule has 1 aromatic carbocycles. The second-order valence-electron chi connectivity index (χ2n) is 5.01. The van der Waals surface area contributed by atoms with Gasteiger partial charge in [0, 0.05) is 30.8 Å². The van der Waals surface area contributed by atoms with Crippen molar-refractivity contribution in [3.63, 3.8) is 0 Å². The molecule has 0 radical (unpaired) electrons. The van der Waals surface area contributed by atoms with Crippen LogP contribution >= 0.6 is 0 Å². The second-order valence-corrected chi connectivity index (χ2v) is 5.01. The quantitative estimate of drug-likeness (QED) is 0.906. The van der Waals surface area contributed by atoms with Gasteiger partial charge in [-0.25, -0.2) is 0 Å². The standard InChI is InChI=1S/C16H19N3O/c1-12(2)19(8-5-9-20)16-13(10-17)11-18-15-7-4-3-6-14(15)16/h3-4,6-7,11-12,20H,5,8-9H2,1-2H3. The predicted octanol–water partition coefficient (Wildman–Crippen LogP) is 2.70. The average Bonchev–Trinajstić information content (AvgIpc) is 2.47. The van der Waals surface area contributed by atoms with Gasteiger partial charge in [-0.05, 0) is 26.3 Å². The molecule has 2 aromatic rings. The third-order valence-corrected chi connectivity index (χ3v) is 3.34. The van der Waals surface area contributed by atoms with Crippen molar-refractivity contribution in [2.75, 3.05) is 18.1 Å². The lowest BCUT2D eigenvalue weighted by atomic mass is 10.1. The molecule has 20 heavy (non-hydrogen) atoms. The van der Waals surface area contributed by atoms with Crippen LogP contribution in [0.3, 0.4) is 0 Å². The molecular formula is C16H19N3O. The summed E-state index contributed by atoms with van der Waals surface area (Å²) in [5.41, 5.74) is 2.38. The van der Waals surface area contributed by atoms with E-state index in [0.717, 1.165) is 23.1 Å². The van der Waals surface area contributed by atoms with Gasteiger partial charge in [0.25, 0.3) is 0 Å². The monoisotopic (exact) mass is 269 g/mol. The third kappa shape index (κ3) is 2.73. The van der Waals surface area contributed by atoms with E-state index in [1.807, 2.05) is 24.3 Å². The maximum Gasteiger partial charge on any atom is 0.103 e. The summed E-state index contributed by atoms with van der Waals surface area (Å²) in [6, 6.07) is 10.3. The zero-order chi connectivity index (χ0) is 14.5. The van der Waals surface area contributed by atoms with Crippen LogP contribution in [0.2, 0.25) is 0 Å². The Balaban J connectivity index is 2.62. The molecule has 0 aliphatic carbocycles. The smallest absolute Gasteiger partial charge is 0.103 e. The van der Waals surface area contributed by atoms with Crippen LogP contribution in [-0.2, 0) is 0 Å². The molecule has 0 saturated carbocycles. The largest absolute Gasteiger partial charge is 0.396 e.